The van der Waals surface area contributed by atoms with Crippen LogP contribution in [0, 0.1) is 0 Å². The average Bonchev–Trinajstić information content (AvgIpc) is 2.77. The molecule has 100 valence electrons. The largest absolute Gasteiger partial charge is 0.496 e. The summed E-state index contributed by atoms with van der Waals surface area (Å²) in [6.45, 7) is 4.09. The molecule has 0 amide bonds. The number of halogens is 1. The molecule has 1 fully saturated rings. The Morgan fingerprint density at radius 2 is 2.33 bits per heavy atom. The van der Waals surface area contributed by atoms with Crippen molar-refractivity contribution in [3.8, 4) is 5.75 Å². The van der Waals surface area contributed by atoms with Gasteiger partial charge in [0.1, 0.15) is 5.75 Å². The summed E-state index contributed by atoms with van der Waals surface area (Å²) in [4.78, 5) is 2.51. The molecule has 2 atom stereocenters. The van der Waals surface area contributed by atoms with Gasteiger partial charge in [-0.1, -0.05) is 6.07 Å². The van der Waals surface area contributed by atoms with Gasteiger partial charge in [-0.2, -0.15) is 0 Å². The summed E-state index contributed by atoms with van der Waals surface area (Å²) in [7, 11) is 1.68. The van der Waals surface area contributed by atoms with Gasteiger partial charge in [-0.3, -0.25) is 4.90 Å². The molecular weight excluding hydrogens is 292 g/mol. The summed E-state index contributed by atoms with van der Waals surface area (Å²) in [5.41, 5.74) is 7.24. The van der Waals surface area contributed by atoms with Crippen molar-refractivity contribution in [2.75, 3.05) is 20.2 Å². The van der Waals surface area contributed by atoms with E-state index in [4.69, 9.17) is 10.5 Å². The van der Waals surface area contributed by atoms with Crippen molar-refractivity contribution in [3.63, 3.8) is 0 Å². The Kier molecular flexibility index (Phi) is 4.65. The van der Waals surface area contributed by atoms with Gasteiger partial charge in [-0.05, 0) is 59.9 Å². The van der Waals surface area contributed by atoms with Crippen LogP contribution in [0.4, 0.5) is 0 Å². The van der Waals surface area contributed by atoms with Crippen LogP contribution >= 0.6 is 15.9 Å². The molecule has 4 heteroatoms. The Bertz CT molecular complexity index is 411. The van der Waals surface area contributed by atoms with Crippen LogP contribution in [0.2, 0.25) is 0 Å². The van der Waals surface area contributed by atoms with Gasteiger partial charge in [0.05, 0.1) is 11.6 Å². The molecule has 0 saturated carbocycles. The molecule has 1 saturated heterocycles. The fourth-order valence-corrected chi connectivity index (χ4v) is 3.33. The third-order valence-corrected chi connectivity index (χ3v) is 4.41. The highest BCUT2D eigenvalue weighted by Crippen LogP contribution is 2.33. The van der Waals surface area contributed by atoms with E-state index in [0.29, 0.717) is 18.6 Å². The number of hydrogen-bond donors (Lipinski definition) is 1. The fourth-order valence-electron chi connectivity index (χ4n) is 2.77. The number of likely N-dealkylation sites (tertiary alicyclic amines) is 1. The van der Waals surface area contributed by atoms with Crippen LogP contribution in [0.25, 0.3) is 0 Å². The van der Waals surface area contributed by atoms with Crippen LogP contribution in [0.15, 0.2) is 22.7 Å². The number of ether oxygens (including phenoxy) is 1. The van der Waals surface area contributed by atoms with Crippen LogP contribution in [-0.2, 0) is 0 Å². The molecule has 2 unspecified atom stereocenters. The van der Waals surface area contributed by atoms with Crippen molar-refractivity contribution in [1.29, 1.82) is 0 Å². The first-order chi connectivity index (χ1) is 8.67. The number of rotatable bonds is 4. The number of nitrogens with two attached hydrogens (primary N) is 1. The zero-order valence-corrected chi connectivity index (χ0v) is 12.6. The Balaban J connectivity index is 2.24. The number of nitrogens with zero attached hydrogens (tertiary/aromatic N) is 1. The van der Waals surface area contributed by atoms with Crippen LogP contribution < -0.4 is 10.5 Å². The molecular formula is C14H21BrN2O. The van der Waals surface area contributed by atoms with E-state index in [1.54, 1.807) is 7.11 Å². The second-order valence-corrected chi connectivity index (χ2v) is 5.73. The molecule has 1 aromatic carbocycles. The molecule has 1 aliphatic rings. The molecule has 18 heavy (non-hydrogen) atoms. The lowest BCUT2D eigenvalue weighted by Crippen LogP contribution is -2.35. The molecule has 0 bridgehead atoms. The monoisotopic (exact) mass is 312 g/mol. The van der Waals surface area contributed by atoms with Crippen molar-refractivity contribution < 1.29 is 4.74 Å². The van der Waals surface area contributed by atoms with Gasteiger partial charge in [0.2, 0.25) is 0 Å². The lowest BCUT2D eigenvalue weighted by atomic mass is 10.0. The first-order valence-electron chi connectivity index (χ1n) is 6.46. The Morgan fingerprint density at radius 1 is 1.56 bits per heavy atom. The molecule has 3 nitrogen and oxygen atoms in total. The van der Waals surface area contributed by atoms with Gasteiger partial charge in [0.15, 0.2) is 0 Å². The topological polar surface area (TPSA) is 38.5 Å². The minimum atomic E-state index is 0.310. The minimum absolute atomic E-state index is 0.310. The van der Waals surface area contributed by atoms with Gasteiger partial charge in [0.25, 0.3) is 0 Å². The lowest BCUT2D eigenvalue weighted by molar-refractivity contribution is 0.195. The zero-order chi connectivity index (χ0) is 13.1. The van der Waals surface area contributed by atoms with Crippen LogP contribution in [0.3, 0.4) is 0 Å². The maximum absolute atomic E-state index is 5.98. The molecule has 0 spiro atoms. The SMILES string of the molecule is COc1ccc(C(CN)N2CCCC2C)cc1Br. The normalized spacial score (nSPS) is 22.1. The van der Waals surface area contributed by atoms with Gasteiger partial charge in [0, 0.05) is 18.6 Å². The highest BCUT2D eigenvalue weighted by atomic mass is 79.9. The van der Waals surface area contributed by atoms with E-state index >= 15 is 0 Å². The smallest absolute Gasteiger partial charge is 0.133 e. The van der Waals surface area contributed by atoms with E-state index in [9.17, 15) is 0 Å². The maximum Gasteiger partial charge on any atom is 0.133 e. The van der Waals surface area contributed by atoms with Crippen molar-refractivity contribution >= 4 is 15.9 Å². The van der Waals surface area contributed by atoms with E-state index in [1.165, 1.54) is 18.4 Å². The first kappa shape index (κ1) is 13.8. The zero-order valence-electron chi connectivity index (χ0n) is 11.0. The summed E-state index contributed by atoms with van der Waals surface area (Å²) in [6.07, 6.45) is 2.54. The van der Waals surface area contributed by atoms with E-state index in [1.807, 2.05) is 6.07 Å². The Labute approximate surface area is 117 Å². The highest BCUT2D eigenvalue weighted by Gasteiger charge is 2.28. The third kappa shape index (κ3) is 2.71. The van der Waals surface area contributed by atoms with Gasteiger partial charge < -0.3 is 10.5 Å². The molecule has 0 aromatic heterocycles. The first-order valence-corrected chi connectivity index (χ1v) is 7.26. The van der Waals surface area contributed by atoms with Crippen LogP contribution in [0.5, 0.6) is 5.75 Å². The average molecular weight is 313 g/mol. The quantitative estimate of drug-likeness (QED) is 0.929. The van der Waals surface area contributed by atoms with Gasteiger partial charge in [-0.25, -0.2) is 0 Å². The molecule has 1 aliphatic heterocycles. The summed E-state index contributed by atoms with van der Waals surface area (Å²) in [6, 6.07) is 7.18. The Morgan fingerprint density at radius 3 is 2.83 bits per heavy atom. The summed E-state index contributed by atoms with van der Waals surface area (Å²) in [5, 5.41) is 0. The summed E-state index contributed by atoms with van der Waals surface area (Å²) >= 11 is 3.54. The molecule has 2 rings (SSSR count). The van der Waals surface area contributed by atoms with E-state index in [2.05, 4.69) is 39.9 Å². The lowest BCUT2D eigenvalue weighted by Gasteiger charge is -2.31. The van der Waals surface area contributed by atoms with Gasteiger partial charge in [-0.15, -0.1) is 0 Å². The molecule has 0 radical (unpaired) electrons. The highest BCUT2D eigenvalue weighted by molar-refractivity contribution is 9.10. The van der Waals surface area contributed by atoms with E-state index in [-0.39, 0.29) is 0 Å². The number of methoxy groups -OCH3 is 1. The Hall–Kier alpha value is -0.580. The minimum Gasteiger partial charge on any atom is -0.496 e. The third-order valence-electron chi connectivity index (χ3n) is 3.79. The second-order valence-electron chi connectivity index (χ2n) is 4.87. The second kappa shape index (κ2) is 6.04. The predicted octanol–water partition coefficient (Wildman–Crippen LogP) is 2.94. The molecule has 1 heterocycles. The van der Waals surface area contributed by atoms with E-state index in [0.717, 1.165) is 16.8 Å². The van der Waals surface area contributed by atoms with Crippen molar-refractivity contribution in [1.82, 2.24) is 4.90 Å². The molecule has 2 N–H and O–H groups in total. The molecule has 0 aliphatic carbocycles. The number of benzene rings is 1. The summed E-state index contributed by atoms with van der Waals surface area (Å²) < 4.78 is 6.26. The van der Waals surface area contributed by atoms with Crippen LogP contribution in [0.1, 0.15) is 31.4 Å². The standard InChI is InChI=1S/C14H21BrN2O/c1-10-4-3-7-17(10)13(9-16)11-5-6-14(18-2)12(15)8-11/h5-6,8,10,13H,3-4,7,9,16H2,1-2H3. The number of hydrogen-bond acceptors (Lipinski definition) is 3. The molecule has 1 aromatic rings. The van der Waals surface area contributed by atoms with Crippen molar-refractivity contribution in [2.45, 2.75) is 31.8 Å². The summed E-state index contributed by atoms with van der Waals surface area (Å²) in [5.74, 6) is 0.865. The predicted molar refractivity (Wildman–Crippen MR) is 77.9 cm³/mol. The maximum atomic E-state index is 5.98. The van der Waals surface area contributed by atoms with Gasteiger partial charge >= 0.3 is 0 Å². The van der Waals surface area contributed by atoms with Crippen molar-refractivity contribution in [2.24, 2.45) is 5.73 Å². The fraction of sp³-hybridized carbons (Fsp3) is 0.571. The van der Waals surface area contributed by atoms with E-state index < -0.39 is 0 Å². The van der Waals surface area contributed by atoms with Crippen LogP contribution in [-0.4, -0.2) is 31.1 Å². The van der Waals surface area contributed by atoms with Crippen molar-refractivity contribution in [3.05, 3.63) is 28.2 Å².